The van der Waals surface area contributed by atoms with Gasteiger partial charge < -0.3 is 19.5 Å². The van der Waals surface area contributed by atoms with Crippen LogP contribution in [0.5, 0.6) is 0 Å². The minimum Gasteiger partial charge on any atom is -0.467 e. The second kappa shape index (κ2) is 11.1. The molecule has 0 spiro atoms. The van der Waals surface area contributed by atoms with Crippen LogP contribution in [-0.4, -0.2) is 34.8 Å². The van der Waals surface area contributed by atoms with E-state index in [1.54, 1.807) is 47.6 Å². The predicted molar refractivity (Wildman–Crippen MR) is 121 cm³/mol. The smallest absolute Gasteiger partial charge is 0.322 e. The predicted octanol–water partition coefficient (Wildman–Crippen LogP) is 5.14. The molecule has 0 fully saturated rings. The quantitative estimate of drug-likeness (QED) is 0.504. The summed E-state index contributed by atoms with van der Waals surface area (Å²) in [6.07, 6.45) is 1.55. The molecule has 3 amide bonds. The number of nitrogens with one attached hydrogen (secondary N) is 1. The zero-order chi connectivity index (χ0) is 22.9. The van der Waals surface area contributed by atoms with Gasteiger partial charge in [0.15, 0.2) is 0 Å². The third kappa shape index (κ3) is 6.97. The van der Waals surface area contributed by atoms with Crippen molar-refractivity contribution in [2.75, 3.05) is 18.4 Å². The van der Waals surface area contributed by atoms with E-state index in [2.05, 4.69) is 5.32 Å². The first-order chi connectivity index (χ1) is 15.4. The largest absolute Gasteiger partial charge is 0.467 e. The first kappa shape index (κ1) is 23.1. The van der Waals surface area contributed by atoms with Gasteiger partial charge in [0, 0.05) is 18.8 Å². The van der Waals surface area contributed by atoms with Gasteiger partial charge in [-0.3, -0.25) is 4.79 Å². The number of urea groups is 1. The zero-order valence-corrected chi connectivity index (χ0v) is 18.3. The van der Waals surface area contributed by atoms with Crippen molar-refractivity contribution in [3.05, 3.63) is 90.1 Å². The van der Waals surface area contributed by atoms with Gasteiger partial charge in [-0.15, -0.1) is 0 Å². The summed E-state index contributed by atoms with van der Waals surface area (Å²) < 4.78 is 18.7. The molecule has 0 bridgehead atoms. The van der Waals surface area contributed by atoms with Crippen molar-refractivity contribution in [1.82, 2.24) is 9.80 Å². The summed E-state index contributed by atoms with van der Waals surface area (Å²) in [6, 6.07) is 18.4. The van der Waals surface area contributed by atoms with Crippen molar-refractivity contribution in [3.8, 4) is 0 Å². The summed E-state index contributed by atoms with van der Waals surface area (Å²) in [5.74, 6) is 0.248. The molecule has 7 heteroatoms. The summed E-state index contributed by atoms with van der Waals surface area (Å²) in [5.41, 5.74) is 1.45. The molecule has 0 atom stereocenters. The van der Waals surface area contributed by atoms with E-state index in [9.17, 15) is 14.0 Å². The SMILES string of the molecule is CC(C)CN(CC(=O)N(Cc1ccc(F)cc1)Cc1ccco1)C(=O)Nc1ccccc1. The highest BCUT2D eigenvalue weighted by Gasteiger charge is 2.23. The Morgan fingerprint density at radius 2 is 1.66 bits per heavy atom. The Bertz CT molecular complexity index is 989. The van der Waals surface area contributed by atoms with Crippen molar-refractivity contribution in [2.24, 2.45) is 5.92 Å². The molecule has 1 aromatic heterocycles. The minimum atomic E-state index is -0.335. The van der Waals surface area contributed by atoms with Crippen LogP contribution in [0.2, 0.25) is 0 Å². The third-order valence-corrected chi connectivity index (χ3v) is 4.79. The highest BCUT2D eigenvalue weighted by Crippen LogP contribution is 2.14. The van der Waals surface area contributed by atoms with E-state index < -0.39 is 0 Å². The Morgan fingerprint density at radius 1 is 0.938 bits per heavy atom. The highest BCUT2D eigenvalue weighted by atomic mass is 19.1. The first-order valence-corrected chi connectivity index (χ1v) is 10.6. The highest BCUT2D eigenvalue weighted by molar-refractivity contribution is 5.92. The topological polar surface area (TPSA) is 65.8 Å². The Labute approximate surface area is 187 Å². The average molecular weight is 438 g/mol. The number of benzene rings is 2. The summed E-state index contributed by atoms with van der Waals surface area (Å²) in [7, 11) is 0. The lowest BCUT2D eigenvalue weighted by Gasteiger charge is -2.28. The molecular weight excluding hydrogens is 409 g/mol. The van der Waals surface area contributed by atoms with Crippen LogP contribution in [0, 0.1) is 11.7 Å². The monoisotopic (exact) mass is 437 g/mol. The van der Waals surface area contributed by atoms with Crippen LogP contribution in [-0.2, 0) is 17.9 Å². The van der Waals surface area contributed by atoms with Gasteiger partial charge >= 0.3 is 6.03 Å². The van der Waals surface area contributed by atoms with Crippen molar-refractivity contribution in [2.45, 2.75) is 26.9 Å². The van der Waals surface area contributed by atoms with Crippen molar-refractivity contribution in [1.29, 1.82) is 0 Å². The van der Waals surface area contributed by atoms with E-state index >= 15 is 0 Å². The van der Waals surface area contributed by atoms with Crippen molar-refractivity contribution in [3.63, 3.8) is 0 Å². The van der Waals surface area contributed by atoms with Crippen LogP contribution in [0.1, 0.15) is 25.2 Å². The van der Waals surface area contributed by atoms with Gasteiger partial charge in [-0.05, 0) is 47.9 Å². The normalized spacial score (nSPS) is 10.8. The minimum absolute atomic E-state index is 0.0846. The van der Waals surface area contributed by atoms with E-state index in [0.29, 0.717) is 18.0 Å². The summed E-state index contributed by atoms with van der Waals surface area (Å²) in [5, 5.41) is 2.85. The van der Waals surface area contributed by atoms with E-state index in [0.717, 1.165) is 5.56 Å². The standard InChI is InChI=1S/C25H28FN3O3/c1-19(2)15-29(25(31)27-22-7-4-3-5-8-22)18-24(30)28(17-23-9-6-14-32-23)16-20-10-12-21(26)13-11-20/h3-14,19H,15-18H2,1-2H3,(H,27,31). The van der Waals surface area contributed by atoms with E-state index in [1.807, 2.05) is 32.0 Å². The van der Waals surface area contributed by atoms with Gasteiger partial charge in [-0.2, -0.15) is 0 Å². The first-order valence-electron chi connectivity index (χ1n) is 10.6. The van der Waals surface area contributed by atoms with Crippen LogP contribution >= 0.6 is 0 Å². The summed E-state index contributed by atoms with van der Waals surface area (Å²) in [6.45, 7) is 4.85. The Balaban J connectivity index is 1.75. The lowest BCUT2D eigenvalue weighted by atomic mass is 10.2. The van der Waals surface area contributed by atoms with Gasteiger partial charge in [0.05, 0.1) is 12.8 Å². The number of carbonyl (C=O) groups excluding carboxylic acids is 2. The average Bonchev–Trinajstić information content (AvgIpc) is 3.28. The number of nitrogens with zero attached hydrogens (tertiary/aromatic N) is 2. The fourth-order valence-electron chi connectivity index (χ4n) is 3.28. The molecule has 32 heavy (non-hydrogen) atoms. The molecule has 6 nitrogen and oxygen atoms in total. The summed E-state index contributed by atoms with van der Waals surface area (Å²) >= 11 is 0. The second-order valence-corrected chi connectivity index (χ2v) is 8.03. The summed E-state index contributed by atoms with van der Waals surface area (Å²) in [4.78, 5) is 29.3. The van der Waals surface area contributed by atoms with Gasteiger partial charge in [-0.1, -0.05) is 44.2 Å². The third-order valence-electron chi connectivity index (χ3n) is 4.79. The lowest BCUT2D eigenvalue weighted by molar-refractivity contribution is -0.133. The molecule has 0 aliphatic rings. The number of amides is 3. The molecule has 0 aliphatic heterocycles. The fourth-order valence-corrected chi connectivity index (χ4v) is 3.28. The molecule has 0 saturated carbocycles. The maximum absolute atomic E-state index is 13.3. The number of hydrogen-bond acceptors (Lipinski definition) is 3. The zero-order valence-electron chi connectivity index (χ0n) is 18.3. The van der Waals surface area contributed by atoms with Gasteiger partial charge in [-0.25, -0.2) is 9.18 Å². The number of furan rings is 1. The molecular formula is C25H28FN3O3. The number of halogens is 1. The number of rotatable bonds is 9. The molecule has 2 aromatic carbocycles. The molecule has 1 heterocycles. The second-order valence-electron chi connectivity index (χ2n) is 8.03. The van der Waals surface area contributed by atoms with Crippen LogP contribution < -0.4 is 5.32 Å². The molecule has 3 aromatic rings. The molecule has 3 rings (SSSR count). The fraction of sp³-hybridized carbons (Fsp3) is 0.280. The van der Waals surface area contributed by atoms with E-state index in [-0.39, 0.29) is 43.3 Å². The van der Waals surface area contributed by atoms with Crippen molar-refractivity contribution < 1.29 is 18.4 Å². The Morgan fingerprint density at radius 3 is 2.28 bits per heavy atom. The van der Waals surface area contributed by atoms with Gasteiger partial charge in [0.25, 0.3) is 0 Å². The van der Waals surface area contributed by atoms with Crippen LogP contribution in [0.4, 0.5) is 14.9 Å². The van der Waals surface area contributed by atoms with Crippen LogP contribution in [0.3, 0.4) is 0 Å². The molecule has 0 radical (unpaired) electrons. The van der Waals surface area contributed by atoms with Crippen molar-refractivity contribution >= 4 is 17.6 Å². The molecule has 1 N–H and O–H groups in total. The maximum Gasteiger partial charge on any atom is 0.322 e. The number of anilines is 1. The van der Waals surface area contributed by atoms with E-state index in [4.69, 9.17) is 4.42 Å². The maximum atomic E-state index is 13.3. The number of hydrogen-bond donors (Lipinski definition) is 1. The Kier molecular flexibility index (Phi) is 8.02. The van der Waals surface area contributed by atoms with E-state index in [1.165, 1.54) is 17.0 Å². The van der Waals surface area contributed by atoms with Crippen LogP contribution in [0.15, 0.2) is 77.4 Å². The lowest BCUT2D eigenvalue weighted by Crippen LogP contribution is -2.45. The number of carbonyl (C=O) groups is 2. The van der Waals surface area contributed by atoms with Gasteiger partial charge in [0.2, 0.25) is 5.91 Å². The molecule has 0 saturated heterocycles. The molecule has 0 unspecified atom stereocenters. The van der Waals surface area contributed by atoms with Gasteiger partial charge in [0.1, 0.15) is 18.1 Å². The Hall–Kier alpha value is -3.61. The van der Waals surface area contributed by atoms with Crippen LogP contribution in [0.25, 0.3) is 0 Å². The molecule has 0 aliphatic carbocycles. The molecule has 168 valence electrons. The number of para-hydroxylation sites is 1.